The number of nitrogens with zero attached hydrogens (tertiary/aromatic N) is 2. The van der Waals surface area contributed by atoms with Crippen molar-refractivity contribution < 1.29 is 26.6 Å². The Morgan fingerprint density at radius 2 is 2.00 bits per heavy atom. The van der Waals surface area contributed by atoms with Crippen molar-refractivity contribution in [3.8, 4) is 0 Å². The molecule has 7 heteroatoms. The summed E-state index contributed by atoms with van der Waals surface area (Å²) in [4.78, 5) is 30.5. The first-order valence-electron chi connectivity index (χ1n) is 7.73. The number of rotatable bonds is 6. The quantitative estimate of drug-likeness (QED) is 0.624. The van der Waals surface area contributed by atoms with Gasteiger partial charge in [0.15, 0.2) is 5.17 Å². The zero-order valence-corrected chi connectivity index (χ0v) is 16.2. The van der Waals surface area contributed by atoms with Crippen LogP contribution in [0.25, 0.3) is 0 Å². The van der Waals surface area contributed by atoms with Gasteiger partial charge in [0.2, 0.25) is 5.91 Å². The highest BCUT2D eigenvalue weighted by Gasteiger charge is 2.32. The number of hydrogen-bond acceptors (Lipinski definition) is 4. The smallest absolute Gasteiger partial charge is 0.266 e. The summed E-state index contributed by atoms with van der Waals surface area (Å²) in [6, 6.07) is 9.95. The van der Waals surface area contributed by atoms with Crippen LogP contribution in [0.1, 0.15) is 19.4 Å². The minimum atomic E-state index is -0.245. The van der Waals surface area contributed by atoms with Gasteiger partial charge in [-0.2, -0.15) is 0 Å². The van der Waals surface area contributed by atoms with E-state index in [-0.39, 0.29) is 28.8 Å². The van der Waals surface area contributed by atoms with Crippen LogP contribution >= 0.6 is 11.8 Å². The number of aliphatic imine (C=N–C) groups is 1. The molecule has 1 aromatic rings. The molecule has 2 rings (SSSR count). The molecular weight excluding hydrogens is 390 g/mol. The summed E-state index contributed by atoms with van der Waals surface area (Å²) < 4.78 is 0. The van der Waals surface area contributed by atoms with E-state index in [9.17, 15) is 9.59 Å². The summed E-state index contributed by atoms with van der Waals surface area (Å²) in [5.74, 6) is -0.395. The van der Waals surface area contributed by atoms with Crippen molar-refractivity contribution >= 4 is 28.7 Å². The van der Waals surface area contributed by atoms with E-state index in [1.165, 1.54) is 23.4 Å². The Labute approximate surface area is 157 Å². The van der Waals surface area contributed by atoms with E-state index in [2.05, 4.69) is 10.3 Å². The van der Waals surface area contributed by atoms with E-state index < -0.39 is 0 Å². The number of carbonyl (C=O) groups excluding carboxylic acids is 2. The Balaban J connectivity index is 0.00000288. The molecule has 0 radical (unpaired) electrons. The van der Waals surface area contributed by atoms with Crippen LogP contribution in [0.3, 0.4) is 0 Å². The van der Waals surface area contributed by atoms with Gasteiger partial charge in [0.1, 0.15) is 0 Å². The van der Waals surface area contributed by atoms with Gasteiger partial charge < -0.3 is 22.3 Å². The second-order valence-electron chi connectivity index (χ2n) is 4.94. The highest BCUT2D eigenvalue weighted by Crippen LogP contribution is 2.30. The average Bonchev–Trinajstić information content (AvgIpc) is 2.84. The zero-order valence-electron chi connectivity index (χ0n) is 13.8. The van der Waals surface area contributed by atoms with Gasteiger partial charge in [-0.25, -0.2) is 0 Å². The third kappa shape index (κ3) is 5.49. The van der Waals surface area contributed by atoms with Crippen molar-refractivity contribution in [1.29, 1.82) is 0 Å². The van der Waals surface area contributed by atoms with Crippen LogP contribution in [0.4, 0.5) is 0 Å². The van der Waals surface area contributed by atoms with Crippen LogP contribution in [0.5, 0.6) is 0 Å². The maximum Gasteiger partial charge on any atom is 0.266 e. The fourth-order valence-electron chi connectivity index (χ4n) is 2.18. The second kappa shape index (κ2) is 10.3. The summed E-state index contributed by atoms with van der Waals surface area (Å²) in [5.41, 5.74) is 1.17. The molecule has 1 aliphatic heterocycles. The lowest BCUT2D eigenvalue weighted by Crippen LogP contribution is -3.00. The summed E-state index contributed by atoms with van der Waals surface area (Å²) in [6.07, 6.45) is 2.14. The van der Waals surface area contributed by atoms with Crippen LogP contribution in [0, 0.1) is 0 Å². The molecule has 24 heavy (non-hydrogen) atoms. The van der Waals surface area contributed by atoms with Crippen molar-refractivity contribution in [2.45, 2.75) is 20.3 Å². The monoisotopic (exact) mass is 410 g/mol. The molecule has 1 aliphatic rings. The molecule has 2 amide bonds. The number of thioether (sulfide) groups is 1. The van der Waals surface area contributed by atoms with Gasteiger partial charge in [0.05, 0.1) is 4.91 Å². The minimum Gasteiger partial charge on any atom is -1.00 e. The molecule has 5 nitrogen and oxygen atoms in total. The van der Waals surface area contributed by atoms with Crippen LogP contribution in [0.2, 0.25) is 0 Å². The third-order valence-electron chi connectivity index (χ3n) is 3.32. The molecule has 1 aromatic carbocycles. The molecule has 0 bridgehead atoms. The average molecular weight is 411 g/mol. The predicted octanol–water partition coefficient (Wildman–Crippen LogP) is -0.796. The Hall–Kier alpha value is -1.60. The predicted molar refractivity (Wildman–Crippen MR) is 94.2 cm³/mol. The first-order chi connectivity index (χ1) is 11.2. The third-order valence-corrected chi connectivity index (χ3v) is 4.36. The lowest BCUT2D eigenvalue weighted by Gasteiger charge is -2.11. The number of benzene rings is 1. The molecule has 0 aromatic heterocycles. The van der Waals surface area contributed by atoms with Crippen molar-refractivity contribution in [3.05, 3.63) is 46.9 Å². The van der Waals surface area contributed by atoms with Gasteiger partial charge in [-0.15, -0.1) is 0 Å². The molecule has 0 atom stereocenters. The van der Waals surface area contributed by atoms with Crippen molar-refractivity contribution in [2.75, 3.05) is 19.6 Å². The Morgan fingerprint density at radius 3 is 2.62 bits per heavy atom. The van der Waals surface area contributed by atoms with Gasteiger partial charge >= 0.3 is 0 Å². The van der Waals surface area contributed by atoms with E-state index in [1.54, 1.807) is 4.90 Å². The van der Waals surface area contributed by atoms with Gasteiger partial charge in [0.25, 0.3) is 5.91 Å². The van der Waals surface area contributed by atoms with Crippen LogP contribution in [0.15, 0.2) is 46.3 Å². The SMILES string of the molecule is CCN=C1S/C(=C\C(=O)NCCc2ccccc2)C(=O)N1CC.[Br-]. The number of carbonyl (C=O) groups is 2. The van der Waals surface area contributed by atoms with E-state index in [0.29, 0.717) is 29.7 Å². The maximum absolute atomic E-state index is 12.2. The van der Waals surface area contributed by atoms with Crippen molar-refractivity contribution in [1.82, 2.24) is 10.2 Å². The largest absolute Gasteiger partial charge is 1.00 e. The second-order valence-corrected chi connectivity index (χ2v) is 5.95. The van der Waals surface area contributed by atoms with Crippen LogP contribution < -0.4 is 22.3 Å². The molecule has 1 saturated heterocycles. The van der Waals surface area contributed by atoms with E-state index in [4.69, 9.17) is 0 Å². The summed E-state index contributed by atoms with van der Waals surface area (Å²) in [6.45, 7) is 5.52. The first-order valence-corrected chi connectivity index (χ1v) is 8.55. The number of amides is 2. The molecule has 0 spiro atoms. The lowest BCUT2D eigenvalue weighted by molar-refractivity contribution is -0.123. The number of hydrogen-bond donors (Lipinski definition) is 1. The van der Waals surface area contributed by atoms with E-state index >= 15 is 0 Å². The van der Waals surface area contributed by atoms with Crippen molar-refractivity contribution in [3.63, 3.8) is 0 Å². The number of amidine groups is 1. The molecule has 130 valence electrons. The Kier molecular flexibility index (Phi) is 8.78. The number of nitrogens with one attached hydrogen (secondary N) is 1. The summed E-state index contributed by atoms with van der Waals surface area (Å²) in [7, 11) is 0. The topological polar surface area (TPSA) is 61.8 Å². The van der Waals surface area contributed by atoms with E-state index in [1.807, 2.05) is 44.2 Å². The van der Waals surface area contributed by atoms with E-state index in [0.717, 1.165) is 6.42 Å². The fraction of sp³-hybridized carbons (Fsp3) is 0.353. The number of halogens is 1. The zero-order chi connectivity index (χ0) is 16.7. The summed E-state index contributed by atoms with van der Waals surface area (Å²) >= 11 is 1.26. The van der Waals surface area contributed by atoms with Crippen molar-refractivity contribution in [2.24, 2.45) is 4.99 Å². The molecule has 0 unspecified atom stereocenters. The van der Waals surface area contributed by atoms with Gasteiger partial charge in [-0.1, -0.05) is 30.3 Å². The van der Waals surface area contributed by atoms with Gasteiger partial charge in [-0.3, -0.25) is 19.5 Å². The Morgan fingerprint density at radius 1 is 1.29 bits per heavy atom. The summed E-state index contributed by atoms with van der Waals surface area (Å²) in [5, 5.41) is 3.49. The molecule has 1 heterocycles. The van der Waals surface area contributed by atoms with Crippen LogP contribution in [-0.2, 0) is 16.0 Å². The van der Waals surface area contributed by atoms with Gasteiger partial charge in [-0.05, 0) is 37.6 Å². The first kappa shape index (κ1) is 20.4. The number of likely N-dealkylation sites (N-methyl/N-ethyl adjacent to an activating group) is 1. The highest BCUT2D eigenvalue weighted by molar-refractivity contribution is 8.18. The molecule has 1 N–H and O–H groups in total. The molecular formula is C17H21BrN3O2S-. The minimum absolute atomic E-state index is 0. The van der Waals surface area contributed by atoms with Gasteiger partial charge in [0, 0.05) is 25.7 Å². The highest BCUT2D eigenvalue weighted by atomic mass is 79.9. The fourth-order valence-corrected chi connectivity index (χ4v) is 3.26. The standard InChI is InChI=1S/C17H21N3O2S.BrH/c1-3-18-17-20(4-2)16(22)14(23-17)12-15(21)19-11-10-13-8-6-5-7-9-13;/h5-9,12H,3-4,10-11H2,1-2H3,(H,19,21);1H/p-1/b14-12-,18-17?;. The normalized spacial score (nSPS) is 17.2. The molecule has 0 aliphatic carbocycles. The lowest BCUT2D eigenvalue weighted by atomic mass is 10.1. The Bertz CT molecular complexity index is 632. The molecule has 0 saturated carbocycles. The molecule has 1 fully saturated rings. The maximum atomic E-state index is 12.2. The van der Waals surface area contributed by atoms with Crippen LogP contribution in [-0.4, -0.2) is 41.5 Å².